The van der Waals surface area contributed by atoms with Gasteiger partial charge in [-0.05, 0) is 37.0 Å². The van der Waals surface area contributed by atoms with Crippen molar-refractivity contribution in [2.45, 2.75) is 51.9 Å². The lowest BCUT2D eigenvalue weighted by Gasteiger charge is -2.48. The first-order valence-electron chi connectivity index (χ1n) is 7.57. The van der Waals surface area contributed by atoms with Gasteiger partial charge in [0.15, 0.2) is 17.3 Å². The molecule has 3 rings (SSSR count). The Morgan fingerprint density at radius 1 is 1.14 bits per heavy atom. The summed E-state index contributed by atoms with van der Waals surface area (Å²) in [4.78, 5) is 36.5. The van der Waals surface area contributed by atoms with Gasteiger partial charge >= 0.3 is 0 Å². The summed E-state index contributed by atoms with van der Waals surface area (Å²) in [5.74, 6) is -1.57. The highest BCUT2D eigenvalue weighted by Crippen LogP contribution is 2.51. The lowest BCUT2D eigenvalue weighted by atomic mass is 9.54. The van der Waals surface area contributed by atoms with Crippen molar-refractivity contribution in [3.8, 4) is 0 Å². The summed E-state index contributed by atoms with van der Waals surface area (Å²) >= 11 is 0. The number of hydrogen-bond donors (Lipinski definition) is 0. The van der Waals surface area contributed by atoms with Crippen LogP contribution in [0, 0.1) is 19.8 Å². The van der Waals surface area contributed by atoms with Gasteiger partial charge in [0.25, 0.3) is 0 Å². The summed E-state index contributed by atoms with van der Waals surface area (Å²) < 4.78 is 0. The number of hydrogen-bond acceptors (Lipinski definition) is 3. The van der Waals surface area contributed by atoms with Crippen LogP contribution in [0.3, 0.4) is 0 Å². The van der Waals surface area contributed by atoms with Crippen LogP contribution < -0.4 is 0 Å². The van der Waals surface area contributed by atoms with E-state index in [-0.39, 0.29) is 29.2 Å². The number of benzene rings is 1. The van der Waals surface area contributed by atoms with E-state index in [1.54, 1.807) is 6.92 Å². The summed E-state index contributed by atoms with van der Waals surface area (Å²) in [6, 6.07) is 4.25. The van der Waals surface area contributed by atoms with Gasteiger partial charge in [-0.15, -0.1) is 0 Å². The van der Waals surface area contributed by atoms with Crippen molar-refractivity contribution >= 4 is 17.3 Å². The first-order chi connectivity index (χ1) is 9.88. The first kappa shape index (κ1) is 14.2. The molecule has 2 aliphatic carbocycles. The Morgan fingerprint density at radius 3 is 2.29 bits per heavy atom. The van der Waals surface area contributed by atoms with Crippen LogP contribution in [0.5, 0.6) is 0 Å². The first-order valence-corrected chi connectivity index (χ1v) is 7.57. The molecule has 0 aliphatic heterocycles. The third-order valence-electron chi connectivity index (χ3n) is 4.96. The van der Waals surface area contributed by atoms with E-state index >= 15 is 0 Å². The number of aryl methyl sites for hydroxylation is 2. The van der Waals surface area contributed by atoms with Crippen LogP contribution in [0.2, 0.25) is 0 Å². The second-order valence-electron chi connectivity index (χ2n) is 6.61. The van der Waals surface area contributed by atoms with E-state index in [0.29, 0.717) is 12.8 Å². The molecule has 0 atom stereocenters. The van der Waals surface area contributed by atoms with Gasteiger partial charge in [0.05, 0.1) is 0 Å². The molecule has 110 valence electrons. The minimum atomic E-state index is -0.990. The fraction of sp³-hybridized carbons (Fsp3) is 0.500. The van der Waals surface area contributed by atoms with Gasteiger partial charge in [-0.2, -0.15) is 0 Å². The maximum absolute atomic E-state index is 12.4. The summed E-state index contributed by atoms with van der Waals surface area (Å²) in [7, 11) is 0. The van der Waals surface area contributed by atoms with Crippen molar-refractivity contribution in [2.24, 2.45) is 5.92 Å². The molecule has 0 N–H and O–H groups in total. The van der Waals surface area contributed by atoms with Crippen LogP contribution in [-0.2, 0) is 26.2 Å². The highest BCUT2D eigenvalue weighted by atomic mass is 16.2. The molecule has 3 heteroatoms. The summed E-state index contributed by atoms with van der Waals surface area (Å²) in [6.07, 6.45) is 1.72. The molecule has 1 aromatic rings. The predicted octanol–water partition coefficient (Wildman–Crippen LogP) is 2.62. The van der Waals surface area contributed by atoms with Gasteiger partial charge in [0.2, 0.25) is 0 Å². The Balaban J connectivity index is 1.96. The van der Waals surface area contributed by atoms with Gasteiger partial charge in [-0.3, -0.25) is 14.4 Å². The predicted molar refractivity (Wildman–Crippen MR) is 79.3 cm³/mol. The highest BCUT2D eigenvalue weighted by Gasteiger charge is 2.53. The number of Topliss-reactive ketones (excluding diaryl/α,β-unsaturated/α-hetero) is 3. The maximum Gasteiger partial charge on any atom is 0.151 e. The Morgan fingerprint density at radius 2 is 1.76 bits per heavy atom. The van der Waals surface area contributed by atoms with E-state index in [0.717, 1.165) is 12.0 Å². The zero-order chi connectivity index (χ0) is 15.4. The van der Waals surface area contributed by atoms with Crippen LogP contribution in [0.15, 0.2) is 12.1 Å². The molecule has 0 amide bonds. The molecule has 1 aromatic carbocycles. The molecule has 1 fully saturated rings. The second kappa shape index (κ2) is 4.62. The molecule has 0 saturated heterocycles. The van der Waals surface area contributed by atoms with Crippen LogP contribution >= 0.6 is 0 Å². The topological polar surface area (TPSA) is 51.2 Å². The van der Waals surface area contributed by atoms with E-state index in [2.05, 4.69) is 19.1 Å². The van der Waals surface area contributed by atoms with Gasteiger partial charge < -0.3 is 0 Å². The van der Waals surface area contributed by atoms with Crippen molar-refractivity contribution in [2.75, 3.05) is 0 Å². The van der Waals surface area contributed by atoms with Crippen LogP contribution in [0.25, 0.3) is 0 Å². The van der Waals surface area contributed by atoms with Crippen molar-refractivity contribution < 1.29 is 14.4 Å². The maximum atomic E-state index is 12.4. The van der Waals surface area contributed by atoms with Crippen LogP contribution in [0.1, 0.15) is 48.4 Å². The average Bonchev–Trinajstić information content (AvgIpc) is 2.35. The third-order valence-corrected chi connectivity index (χ3v) is 4.96. The average molecular weight is 284 g/mol. The Bertz CT molecular complexity index is 634. The van der Waals surface area contributed by atoms with Crippen LogP contribution in [-0.4, -0.2) is 17.3 Å². The van der Waals surface area contributed by atoms with Crippen molar-refractivity contribution in [3.63, 3.8) is 0 Å². The number of ketones is 3. The quantitative estimate of drug-likeness (QED) is 0.784. The fourth-order valence-corrected chi connectivity index (χ4v) is 4.28. The standard InChI is InChI=1S/C18H20O3/c1-4-13(19)16-14(20)8-18(9-15(16)21)7-12-6-10(2)5-11(3)17(12)18/h5-6,16H,4,7-9H2,1-3H3. The third kappa shape index (κ3) is 1.98. The van der Waals surface area contributed by atoms with Crippen molar-refractivity contribution in [1.29, 1.82) is 0 Å². The summed E-state index contributed by atoms with van der Waals surface area (Å²) in [5, 5.41) is 0. The molecule has 0 bridgehead atoms. The van der Waals surface area contributed by atoms with Gasteiger partial charge in [0.1, 0.15) is 5.92 Å². The highest BCUT2D eigenvalue weighted by molar-refractivity contribution is 6.21. The normalized spacial score (nSPS) is 27.5. The van der Waals surface area contributed by atoms with Crippen molar-refractivity contribution in [3.05, 3.63) is 34.4 Å². The van der Waals surface area contributed by atoms with Gasteiger partial charge in [-0.25, -0.2) is 0 Å². The minimum Gasteiger partial charge on any atom is -0.298 e. The zero-order valence-electron chi connectivity index (χ0n) is 12.8. The molecule has 2 aliphatic rings. The largest absolute Gasteiger partial charge is 0.298 e. The SMILES string of the molecule is CCC(=O)C1C(=O)CC2(CC1=O)Cc1cc(C)cc(C)c12. The van der Waals surface area contributed by atoms with Crippen LogP contribution in [0.4, 0.5) is 0 Å². The van der Waals surface area contributed by atoms with E-state index in [1.165, 1.54) is 16.7 Å². The monoisotopic (exact) mass is 284 g/mol. The fourth-order valence-electron chi connectivity index (χ4n) is 4.28. The molecule has 1 spiro atoms. The van der Waals surface area contributed by atoms with Crippen molar-refractivity contribution in [1.82, 2.24) is 0 Å². The number of carbonyl (C=O) groups is 3. The number of fused-ring (bicyclic) bond motifs is 2. The van der Waals surface area contributed by atoms with E-state index in [1.807, 2.05) is 6.92 Å². The Labute approximate surface area is 124 Å². The summed E-state index contributed by atoms with van der Waals surface area (Å²) in [5.41, 5.74) is 4.49. The smallest absolute Gasteiger partial charge is 0.151 e. The molecule has 0 radical (unpaired) electrons. The Kier molecular flexibility index (Phi) is 3.12. The van der Waals surface area contributed by atoms with Gasteiger partial charge in [0, 0.05) is 24.7 Å². The zero-order valence-corrected chi connectivity index (χ0v) is 12.8. The molecule has 0 unspecified atom stereocenters. The second-order valence-corrected chi connectivity index (χ2v) is 6.61. The van der Waals surface area contributed by atoms with Gasteiger partial charge in [-0.1, -0.05) is 24.6 Å². The van der Waals surface area contributed by atoms with E-state index in [4.69, 9.17) is 0 Å². The summed E-state index contributed by atoms with van der Waals surface area (Å²) in [6.45, 7) is 5.81. The molecule has 0 heterocycles. The molecule has 0 aromatic heterocycles. The molecule has 1 saturated carbocycles. The Hall–Kier alpha value is -1.77. The molecular weight excluding hydrogens is 264 g/mol. The molecular formula is C18H20O3. The van der Waals surface area contributed by atoms with E-state index in [9.17, 15) is 14.4 Å². The lowest BCUT2D eigenvalue weighted by Crippen LogP contribution is -2.51. The molecule has 21 heavy (non-hydrogen) atoms. The molecule has 3 nitrogen and oxygen atoms in total. The minimum absolute atomic E-state index is 0.177. The lowest BCUT2D eigenvalue weighted by molar-refractivity contribution is -0.144. The van der Waals surface area contributed by atoms with E-state index < -0.39 is 5.92 Å². The number of carbonyl (C=O) groups excluding carboxylic acids is 3. The number of rotatable bonds is 2.